The summed E-state index contributed by atoms with van der Waals surface area (Å²) < 4.78 is 6.51. The van der Waals surface area contributed by atoms with Crippen molar-refractivity contribution in [2.24, 2.45) is 0 Å². The van der Waals surface area contributed by atoms with E-state index in [2.05, 4.69) is 52.9 Å². The van der Waals surface area contributed by atoms with E-state index >= 15 is 0 Å². The van der Waals surface area contributed by atoms with Crippen molar-refractivity contribution in [2.45, 2.75) is 24.9 Å². The van der Waals surface area contributed by atoms with Crippen LogP contribution in [-0.2, 0) is 15.1 Å². The lowest BCUT2D eigenvalue weighted by Crippen LogP contribution is -2.37. The molecule has 1 heterocycles. The van der Waals surface area contributed by atoms with Gasteiger partial charge in [-0.3, -0.25) is 4.79 Å². The zero-order valence-corrected chi connectivity index (χ0v) is 12.7. The van der Waals surface area contributed by atoms with Gasteiger partial charge in [-0.05, 0) is 35.2 Å². The van der Waals surface area contributed by atoms with Crippen LogP contribution in [0.4, 0.5) is 0 Å². The fourth-order valence-corrected chi connectivity index (χ4v) is 3.66. The van der Waals surface area contributed by atoms with E-state index in [1.165, 1.54) is 10.8 Å². The van der Waals surface area contributed by atoms with Crippen LogP contribution in [0, 0.1) is 0 Å². The maximum Gasteiger partial charge on any atom is 0.306 e. The normalized spacial score (nSPS) is 23.3. The van der Waals surface area contributed by atoms with E-state index < -0.39 is 5.60 Å². The van der Waals surface area contributed by atoms with Crippen LogP contribution >= 0.6 is 22.6 Å². The third kappa shape index (κ3) is 2.36. The molecular weight excluding hydrogens is 351 g/mol. The minimum absolute atomic E-state index is 0.0731. The van der Waals surface area contributed by atoms with Crippen molar-refractivity contribution < 1.29 is 9.53 Å². The average molecular weight is 366 g/mol. The number of alkyl halides is 1. The van der Waals surface area contributed by atoms with Gasteiger partial charge in [0.25, 0.3) is 0 Å². The summed E-state index contributed by atoms with van der Waals surface area (Å²) in [7, 11) is 0. The molecule has 3 rings (SSSR count). The van der Waals surface area contributed by atoms with Gasteiger partial charge >= 0.3 is 5.97 Å². The first-order chi connectivity index (χ1) is 9.23. The molecule has 2 aromatic carbocycles. The number of halogens is 1. The molecule has 2 nitrogen and oxygen atoms in total. The van der Waals surface area contributed by atoms with Crippen molar-refractivity contribution in [1.82, 2.24) is 0 Å². The largest absolute Gasteiger partial charge is 0.453 e. The van der Waals surface area contributed by atoms with Crippen LogP contribution < -0.4 is 0 Å². The van der Waals surface area contributed by atoms with Crippen molar-refractivity contribution in [2.75, 3.05) is 4.43 Å². The fourth-order valence-electron chi connectivity index (χ4n) is 2.69. The Hall–Kier alpha value is -1.10. The summed E-state index contributed by atoms with van der Waals surface area (Å²) in [5.74, 6) is -0.0731. The Morgan fingerprint density at radius 1 is 1.16 bits per heavy atom. The standard InChI is InChI=1S/C16H15IO2/c17-11-16(9-3-6-15(18)19-16)14-8-7-12-4-1-2-5-13(12)10-14/h1-2,4-5,7-8,10H,3,6,9,11H2/t16-/m0/s1. The Labute approximate surface area is 126 Å². The van der Waals surface area contributed by atoms with Crippen molar-refractivity contribution in [3.8, 4) is 0 Å². The quantitative estimate of drug-likeness (QED) is 0.453. The summed E-state index contributed by atoms with van der Waals surface area (Å²) >= 11 is 2.32. The highest BCUT2D eigenvalue weighted by Gasteiger charge is 2.38. The Balaban J connectivity index is 2.08. The lowest BCUT2D eigenvalue weighted by molar-refractivity contribution is -0.165. The molecule has 0 saturated carbocycles. The Bertz CT molecular complexity index is 623. The average Bonchev–Trinajstić information content (AvgIpc) is 2.46. The Morgan fingerprint density at radius 2 is 1.95 bits per heavy atom. The smallest absolute Gasteiger partial charge is 0.306 e. The highest BCUT2D eigenvalue weighted by atomic mass is 127. The van der Waals surface area contributed by atoms with Gasteiger partial charge in [0, 0.05) is 10.8 Å². The van der Waals surface area contributed by atoms with Gasteiger partial charge in [0.2, 0.25) is 0 Å². The topological polar surface area (TPSA) is 26.3 Å². The maximum atomic E-state index is 11.6. The predicted octanol–water partition coefficient (Wildman–Crippen LogP) is 4.20. The number of benzene rings is 2. The number of ether oxygens (including phenoxy) is 1. The van der Waals surface area contributed by atoms with Crippen molar-refractivity contribution >= 4 is 39.3 Å². The zero-order valence-electron chi connectivity index (χ0n) is 10.6. The molecule has 98 valence electrons. The van der Waals surface area contributed by atoms with E-state index in [1.807, 2.05) is 12.1 Å². The number of cyclic esters (lactones) is 1. The summed E-state index contributed by atoms with van der Waals surface area (Å²) in [6, 6.07) is 14.6. The number of hydrogen-bond donors (Lipinski definition) is 0. The van der Waals surface area contributed by atoms with Gasteiger partial charge in [0.15, 0.2) is 0 Å². The molecule has 3 heteroatoms. The second-order valence-corrected chi connectivity index (χ2v) is 5.78. The molecule has 1 atom stereocenters. The number of esters is 1. The summed E-state index contributed by atoms with van der Waals surface area (Å²) in [4.78, 5) is 11.6. The van der Waals surface area contributed by atoms with E-state index in [0.29, 0.717) is 6.42 Å². The van der Waals surface area contributed by atoms with Crippen LogP contribution in [0.3, 0.4) is 0 Å². The van der Waals surface area contributed by atoms with E-state index in [1.54, 1.807) is 0 Å². The van der Waals surface area contributed by atoms with Gasteiger partial charge in [0.05, 0.1) is 0 Å². The van der Waals surface area contributed by atoms with Crippen LogP contribution in [0.5, 0.6) is 0 Å². The molecule has 0 aromatic heterocycles. The second kappa shape index (κ2) is 5.12. The highest BCUT2D eigenvalue weighted by Crippen LogP contribution is 2.38. The molecule has 0 spiro atoms. The molecule has 0 radical (unpaired) electrons. The van der Waals surface area contributed by atoms with Crippen molar-refractivity contribution in [1.29, 1.82) is 0 Å². The monoisotopic (exact) mass is 366 g/mol. The first kappa shape index (κ1) is 12.9. The van der Waals surface area contributed by atoms with Gasteiger partial charge in [-0.25, -0.2) is 0 Å². The number of carbonyl (C=O) groups is 1. The van der Waals surface area contributed by atoms with Crippen LogP contribution in [-0.4, -0.2) is 10.4 Å². The molecular formula is C16H15IO2. The van der Waals surface area contributed by atoms with Crippen LogP contribution in [0.1, 0.15) is 24.8 Å². The first-order valence-corrected chi connectivity index (χ1v) is 8.03. The third-order valence-electron chi connectivity index (χ3n) is 3.76. The Kier molecular flexibility index (Phi) is 3.48. The number of carbonyl (C=O) groups excluding carboxylic acids is 1. The maximum absolute atomic E-state index is 11.6. The van der Waals surface area contributed by atoms with Gasteiger partial charge < -0.3 is 4.74 Å². The second-order valence-electron chi connectivity index (χ2n) is 5.02. The first-order valence-electron chi connectivity index (χ1n) is 6.51. The molecule has 0 bridgehead atoms. The number of rotatable bonds is 2. The predicted molar refractivity (Wildman–Crippen MR) is 84.5 cm³/mol. The summed E-state index contributed by atoms with van der Waals surface area (Å²) in [6.07, 6.45) is 2.38. The molecule has 0 amide bonds. The number of hydrogen-bond acceptors (Lipinski definition) is 2. The van der Waals surface area contributed by atoms with E-state index in [9.17, 15) is 4.79 Å². The summed E-state index contributed by atoms with van der Waals surface area (Å²) in [6.45, 7) is 0. The van der Waals surface area contributed by atoms with Gasteiger partial charge in [-0.2, -0.15) is 0 Å². The summed E-state index contributed by atoms with van der Waals surface area (Å²) in [5.41, 5.74) is 0.688. The lowest BCUT2D eigenvalue weighted by Gasteiger charge is -2.35. The molecule has 2 aromatic rings. The van der Waals surface area contributed by atoms with Crippen LogP contribution in [0.2, 0.25) is 0 Å². The lowest BCUT2D eigenvalue weighted by atomic mass is 9.87. The van der Waals surface area contributed by atoms with Gasteiger partial charge in [-0.15, -0.1) is 0 Å². The molecule has 1 aliphatic heterocycles. The molecule has 0 aliphatic carbocycles. The number of fused-ring (bicyclic) bond motifs is 1. The SMILES string of the molecule is O=C1CCC[C@](CI)(c2ccc3ccccc3c2)O1. The van der Waals surface area contributed by atoms with E-state index in [4.69, 9.17) is 4.74 Å². The van der Waals surface area contributed by atoms with Gasteiger partial charge in [-0.1, -0.05) is 59.0 Å². The minimum Gasteiger partial charge on any atom is -0.453 e. The van der Waals surface area contributed by atoms with Crippen molar-refractivity contribution in [3.63, 3.8) is 0 Å². The van der Waals surface area contributed by atoms with E-state index in [-0.39, 0.29) is 5.97 Å². The Morgan fingerprint density at radius 3 is 2.68 bits per heavy atom. The zero-order chi connectivity index (χ0) is 13.3. The van der Waals surface area contributed by atoms with Crippen LogP contribution in [0.25, 0.3) is 10.8 Å². The fraction of sp³-hybridized carbons (Fsp3) is 0.312. The summed E-state index contributed by atoms with van der Waals surface area (Å²) in [5, 5.41) is 2.42. The highest BCUT2D eigenvalue weighted by molar-refractivity contribution is 14.1. The van der Waals surface area contributed by atoms with Crippen molar-refractivity contribution in [3.05, 3.63) is 48.0 Å². The molecule has 1 aliphatic rings. The van der Waals surface area contributed by atoms with Crippen LogP contribution in [0.15, 0.2) is 42.5 Å². The molecule has 0 unspecified atom stereocenters. The molecule has 1 fully saturated rings. The van der Waals surface area contributed by atoms with Gasteiger partial charge in [0.1, 0.15) is 5.60 Å². The molecule has 1 saturated heterocycles. The minimum atomic E-state index is -0.431. The van der Waals surface area contributed by atoms with E-state index in [0.717, 1.165) is 22.8 Å². The molecule has 0 N–H and O–H groups in total. The third-order valence-corrected chi connectivity index (χ3v) is 4.99. The molecule has 19 heavy (non-hydrogen) atoms.